The predicted octanol–water partition coefficient (Wildman–Crippen LogP) is 3.15. The molecule has 6 heteroatoms. The average molecular weight is 356 g/mol. The van der Waals surface area contributed by atoms with Crippen LogP contribution in [0.2, 0.25) is 0 Å². The molecule has 2 heterocycles. The molecule has 0 radical (unpaired) electrons. The van der Waals surface area contributed by atoms with E-state index in [1.807, 2.05) is 38.1 Å². The van der Waals surface area contributed by atoms with Crippen LogP contribution in [0.3, 0.4) is 0 Å². The lowest BCUT2D eigenvalue weighted by Crippen LogP contribution is -2.45. The van der Waals surface area contributed by atoms with Crippen LogP contribution < -0.4 is 0 Å². The molecule has 2 unspecified atom stereocenters. The van der Waals surface area contributed by atoms with Crippen molar-refractivity contribution in [2.24, 2.45) is 11.8 Å². The number of piperidine rings is 1. The fraction of sp³-hybridized carbons (Fsp3) is 0.450. The molecule has 1 aromatic carbocycles. The molecule has 0 saturated carbocycles. The number of nitrogens with zero attached hydrogens (tertiary/aromatic N) is 2. The number of aromatic nitrogens is 1. The molecule has 1 aliphatic rings. The molecule has 1 amide bonds. The number of carbonyl (C=O) groups is 2. The van der Waals surface area contributed by atoms with Crippen LogP contribution in [0.15, 0.2) is 34.9 Å². The minimum atomic E-state index is -0.770. The minimum absolute atomic E-state index is 0.0239. The highest BCUT2D eigenvalue weighted by Gasteiger charge is 2.32. The molecule has 0 bridgehead atoms. The maximum atomic E-state index is 12.4. The van der Waals surface area contributed by atoms with E-state index in [9.17, 15) is 14.7 Å². The van der Waals surface area contributed by atoms with E-state index in [1.165, 1.54) is 5.56 Å². The number of carboxylic acid groups (broad SMARTS) is 1. The molecular formula is C20H24N2O4. The van der Waals surface area contributed by atoms with Crippen molar-refractivity contribution in [2.45, 2.75) is 33.1 Å². The number of amides is 1. The molecule has 1 fully saturated rings. The molecule has 2 atom stereocenters. The quantitative estimate of drug-likeness (QED) is 0.890. The number of hydrogen-bond donors (Lipinski definition) is 1. The Morgan fingerprint density at radius 3 is 2.69 bits per heavy atom. The summed E-state index contributed by atoms with van der Waals surface area (Å²) in [5, 5.41) is 9.17. The lowest BCUT2D eigenvalue weighted by molar-refractivity contribution is -0.148. The Hall–Kier alpha value is -2.63. The van der Waals surface area contributed by atoms with Gasteiger partial charge in [0.15, 0.2) is 11.7 Å². The largest absolute Gasteiger partial charge is 0.481 e. The van der Waals surface area contributed by atoms with E-state index in [2.05, 4.69) is 4.98 Å². The molecule has 138 valence electrons. The van der Waals surface area contributed by atoms with E-state index in [0.717, 1.165) is 5.56 Å². The Morgan fingerprint density at radius 2 is 2.04 bits per heavy atom. The van der Waals surface area contributed by atoms with Crippen LogP contribution in [0, 0.1) is 18.8 Å². The molecule has 0 aliphatic carbocycles. The van der Waals surface area contributed by atoms with Crippen LogP contribution in [-0.4, -0.2) is 40.0 Å². The van der Waals surface area contributed by atoms with Crippen molar-refractivity contribution in [3.05, 3.63) is 41.9 Å². The van der Waals surface area contributed by atoms with Crippen molar-refractivity contribution in [3.63, 3.8) is 0 Å². The number of rotatable bonds is 5. The van der Waals surface area contributed by atoms with Crippen molar-refractivity contribution in [2.75, 3.05) is 13.1 Å². The maximum absolute atomic E-state index is 12.4. The summed E-state index contributed by atoms with van der Waals surface area (Å²) in [7, 11) is 0. The first-order valence-corrected chi connectivity index (χ1v) is 8.96. The van der Waals surface area contributed by atoms with Gasteiger partial charge in [-0.1, -0.05) is 36.8 Å². The van der Waals surface area contributed by atoms with E-state index >= 15 is 0 Å². The number of aryl methyl sites for hydroxylation is 2. The number of likely N-dealkylation sites (tertiary alicyclic amines) is 1. The van der Waals surface area contributed by atoms with Gasteiger partial charge in [0.05, 0.1) is 12.1 Å². The molecule has 26 heavy (non-hydrogen) atoms. The monoisotopic (exact) mass is 356 g/mol. The van der Waals surface area contributed by atoms with Gasteiger partial charge in [-0.3, -0.25) is 9.59 Å². The van der Waals surface area contributed by atoms with Crippen molar-refractivity contribution in [1.29, 1.82) is 0 Å². The second-order valence-corrected chi connectivity index (χ2v) is 7.03. The highest BCUT2D eigenvalue weighted by molar-refractivity contribution is 5.77. The lowest BCUT2D eigenvalue weighted by atomic mass is 9.87. The highest BCUT2D eigenvalue weighted by atomic mass is 16.4. The van der Waals surface area contributed by atoms with E-state index < -0.39 is 5.97 Å². The van der Waals surface area contributed by atoms with Gasteiger partial charge in [0.2, 0.25) is 5.91 Å². The van der Waals surface area contributed by atoms with Gasteiger partial charge in [-0.2, -0.15) is 0 Å². The van der Waals surface area contributed by atoms with Crippen LogP contribution in [-0.2, 0) is 16.0 Å². The fourth-order valence-corrected chi connectivity index (χ4v) is 3.39. The van der Waals surface area contributed by atoms with E-state index in [-0.39, 0.29) is 17.7 Å². The maximum Gasteiger partial charge on any atom is 0.306 e. The first-order chi connectivity index (χ1) is 12.4. The second kappa shape index (κ2) is 7.72. The van der Waals surface area contributed by atoms with E-state index in [1.54, 1.807) is 11.1 Å². The Bertz CT molecular complexity index is 781. The molecule has 1 N–H and O–H groups in total. The Balaban J connectivity index is 1.54. The normalized spacial score (nSPS) is 20.2. The van der Waals surface area contributed by atoms with Gasteiger partial charge >= 0.3 is 5.97 Å². The van der Waals surface area contributed by atoms with Crippen molar-refractivity contribution in [3.8, 4) is 11.3 Å². The topological polar surface area (TPSA) is 83.6 Å². The lowest BCUT2D eigenvalue weighted by Gasteiger charge is -2.35. The summed E-state index contributed by atoms with van der Waals surface area (Å²) in [5.41, 5.74) is 2.14. The van der Waals surface area contributed by atoms with Crippen LogP contribution in [0.25, 0.3) is 11.3 Å². The van der Waals surface area contributed by atoms with E-state index in [0.29, 0.717) is 44.0 Å². The summed E-state index contributed by atoms with van der Waals surface area (Å²) in [6, 6.07) is 8.00. The molecule has 6 nitrogen and oxygen atoms in total. The molecule has 1 aliphatic heterocycles. The van der Waals surface area contributed by atoms with Gasteiger partial charge in [0.25, 0.3) is 0 Å². The highest BCUT2D eigenvalue weighted by Crippen LogP contribution is 2.25. The Kier molecular flexibility index (Phi) is 5.40. The fourth-order valence-electron chi connectivity index (χ4n) is 3.39. The van der Waals surface area contributed by atoms with Gasteiger partial charge < -0.3 is 14.4 Å². The summed E-state index contributed by atoms with van der Waals surface area (Å²) in [5.74, 6) is 0.109. The number of hydrogen-bond acceptors (Lipinski definition) is 4. The van der Waals surface area contributed by atoms with Gasteiger partial charge in [-0.25, -0.2) is 4.98 Å². The van der Waals surface area contributed by atoms with Gasteiger partial charge in [-0.15, -0.1) is 0 Å². The third-order valence-electron chi connectivity index (χ3n) is 5.02. The van der Waals surface area contributed by atoms with Gasteiger partial charge in [-0.05, 0) is 19.3 Å². The Morgan fingerprint density at radius 1 is 1.31 bits per heavy atom. The zero-order valence-electron chi connectivity index (χ0n) is 15.1. The van der Waals surface area contributed by atoms with Gasteiger partial charge in [0.1, 0.15) is 0 Å². The second-order valence-electron chi connectivity index (χ2n) is 7.03. The SMILES string of the molecule is Cc1ccc(-c2cnc(CCC(=O)N3CCC(C(=O)O)C(C)C3)o2)cc1. The summed E-state index contributed by atoms with van der Waals surface area (Å²) in [4.78, 5) is 29.6. The third kappa shape index (κ3) is 4.12. The summed E-state index contributed by atoms with van der Waals surface area (Å²) in [6.45, 7) is 4.91. The standard InChI is InChI=1S/C20H24N2O4/c1-13-3-5-15(6-4-13)17-11-21-18(26-17)7-8-19(23)22-10-9-16(20(24)25)14(2)12-22/h3-6,11,14,16H,7-10,12H2,1-2H3,(H,24,25). The van der Waals surface area contributed by atoms with Crippen LogP contribution in [0.1, 0.15) is 31.2 Å². The number of oxazole rings is 1. The van der Waals surface area contributed by atoms with Crippen LogP contribution in [0.5, 0.6) is 0 Å². The number of carbonyl (C=O) groups excluding carboxylic acids is 1. The van der Waals surface area contributed by atoms with Crippen molar-refractivity contribution in [1.82, 2.24) is 9.88 Å². The number of benzene rings is 1. The first-order valence-electron chi connectivity index (χ1n) is 8.96. The zero-order chi connectivity index (χ0) is 18.7. The van der Waals surface area contributed by atoms with Crippen LogP contribution in [0.4, 0.5) is 0 Å². The smallest absolute Gasteiger partial charge is 0.306 e. The van der Waals surface area contributed by atoms with Crippen LogP contribution >= 0.6 is 0 Å². The summed E-state index contributed by atoms with van der Waals surface area (Å²) >= 11 is 0. The summed E-state index contributed by atoms with van der Waals surface area (Å²) in [6.07, 6.45) is 2.96. The molecule has 1 saturated heterocycles. The summed E-state index contributed by atoms with van der Waals surface area (Å²) < 4.78 is 5.76. The van der Waals surface area contributed by atoms with Crippen molar-refractivity contribution >= 4 is 11.9 Å². The van der Waals surface area contributed by atoms with Gasteiger partial charge in [0, 0.05) is 31.5 Å². The molecule has 3 rings (SSSR count). The number of carboxylic acids is 1. The zero-order valence-corrected chi connectivity index (χ0v) is 15.1. The van der Waals surface area contributed by atoms with Crippen molar-refractivity contribution < 1.29 is 19.1 Å². The molecule has 2 aromatic rings. The molecular weight excluding hydrogens is 332 g/mol. The predicted molar refractivity (Wildman–Crippen MR) is 96.5 cm³/mol. The molecule has 0 spiro atoms. The Labute approximate surface area is 152 Å². The third-order valence-corrected chi connectivity index (χ3v) is 5.02. The minimum Gasteiger partial charge on any atom is -0.481 e. The first kappa shape index (κ1) is 18.2. The average Bonchev–Trinajstić information content (AvgIpc) is 3.09. The van der Waals surface area contributed by atoms with E-state index in [4.69, 9.17) is 4.42 Å². The number of aliphatic carboxylic acids is 1. The molecule has 1 aromatic heterocycles.